The molecule has 0 aliphatic carbocycles. The summed E-state index contributed by atoms with van der Waals surface area (Å²) < 4.78 is 37.9. The predicted octanol–water partition coefficient (Wildman–Crippen LogP) is 2.83. The molecule has 1 atom stereocenters. The Labute approximate surface area is 172 Å². The largest absolute Gasteiger partial charge is 0.416 e. The van der Waals surface area contributed by atoms with Gasteiger partial charge in [0.25, 0.3) is 0 Å². The minimum atomic E-state index is -4.29. The molecule has 2 N–H and O–H groups in total. The van der Waals surface area contributed by atoms with E-state index >= 15 is 0 Å². The molecule has 1 fully saturated rings. The zero-order valence-corrected chi connectivity index (χ0v) is 17.7. The highest BCUT2D eigenvalue weighted by Gasteiger charge is 2.29. The molecule has 0 aromatic heterocycles. The minimum absolute atomic E-state index is 0.374. The molecule has 1 aromatic rings. The lowest BCUT2D eigenvalue weighted by atomic mass is 10.1. The van der Waals surface area contributed by atoms with Crippen LogP contribution in [0, 0.1) is 0 Å². The minimum Gasteiger partial charge on any atom is -0.357 e. The number of alkyl halides is 3. The van der Waals surface area contributed by atoms with Crippen molar-refractivity contribution in [3.63, 3.8) is 0 Å². The number of aliphatic imine (C=N–C) groups is 1. The van der Waals surface area contributed by atoms with Crippen LogP contribution in [0.3, 0.4) is 0 Å². The van der Waals surface area contributed by atoms with Crippen molar-refractivity contribution in [2.24, 2.45) is 4.99 Å². The van der Waals surface area contributed by atoms with Gasteiger partial charge in [0.1, 0.15) is 0 Å². The molecule has 29 heavy (non-hydrogen) atoms. The number of hydrogen-bond acceptors (Lipinski definition) is 3. The number of halogens is 3. The third-order valence-corrected chi connectivity index (χ3v) is 5.32. The van der Waals surface area contributed by atoms with Crippen LogP contribution in [0.25, 0.3) is 0 Å². The van der Waals surface area contributed by atoms with E-state index in [2.05, 4.69) is 34.3 Å². The second-order valence-electron chi connectivity index (χ2n) is 7.41. The second-order valence-corrected chi connectivity index (χ2v) is 7.41. The number of piperazine rings is 1. The lowest BCUT2D eigenvalue weighted by molar-refractivity contribution is -0.137. The van der Waals surface area contributed by atoms with Gasteiger partial charge in [-0.3, -0.25) is 9.89 Å². The fourth-order valence-corrected chi connectivity index (χ4v) is 3.39. The van der Waals surface area contributed by atoms with Gasteiger partial charge in [0.05, 0.1) is 12.1 Å². The Morgan fingerprint density at radius 1 is 1.07 bits per heavy atom. The summed E-state index contributed by atoms with van der Waals surface area (Å²) in [4.78, 5) is 9.63. The summed E-state index contributed by atoms with van der Waals surface area (Å²) in [6, 6.07) is 5.71. The Kier molecular flexibility index (Phi) is 9.23. The average molecular weight is 414 g/mol. The van der Waals surface area contributed by atoms with Crippen molar-refractivity contribution in [3.05, 3.63) is 35.4 Å². The summed E-state index contributed by atoms with van der Waals surface area (Å²) in [7, 11) is 0. The van der Waals surface area contributed by atoms with Crippen molar-refractivity contribution >= 4 is 5.96 Å². The Morgan fingerprint density at radius 2 is 1.72 bits per heavy atom. The molecule has 0 radical (unpaired) electrons. The Bertz CT molecular complexity index is 622. The number of rotatable bonds is 8. The highest BCUT2D eigenvalue weighted by atomic mass is 19.4. The molecule has 5 nitrogen and oxygen atoms in total. The van der Waals surface area contributed by atoms with Crippen molar-refractivity contribution in [2.45, 2.75) is 39.4 Å². The number of nitrogens with zero attached hydrogens (tertiary/aromatic N) is 3. The molecular formula is C21H34F3N5. The molecule has 1 aliphatic rings. The molecular weight excluding hydrogens is 379 g/mol. The summed E-state index contributed by atoms with van der Waals surface area (Å²) in [5.41, 5.74) is 0.251. The lowest BCUT2D eigenvalue weighted by Gasteiger charge is -2.37. The monoisotopic (exact) mass is 413 g/mol. The Morgan fingerprint density at radius 3 is 2.28 bits per heavy atom. The molecule has 0 amide bonds. The molecule has 1 aliphatic heterocycles. The van der Waals surface area contributed by atoms with Crippen LogP contribution in [0.1, 0.15) is 31.9 Å². The first-order valence-corrected chi connectivity index (χ1v) is 10.5. The fraction of sp³-hybridized carbons (Fsp3) is 0.667. The van der Waals surface area contributed by atoms with Gasteiger partial charge in [-0.15, -0.1) is 0 Å². The highest BCUT2D eigenvalue weighted by Crippen LogP contribution is 2.29. The molecule has 0 saturated carbocycles. The number of hydrogen-bond donors (Lipinski definition) is 2. The summed E-state index contributed by atoms with van der Waals surface area (Å²) >= 11 is 0. The molecule has 2 rings (SSSR count). The van der Waals surface area contributed by atoms with Gasteiger partial charge in [-0.1, -0.05) is 19.1 Å². The number of guanidine groups is 1. The van der Waals surface area contributed by atoms with E-state index in [1.54, 1.807) is 0 Å². The van der Waals surface area contributed by atoms with Gasteiger partial charge >= 0.3 is 6.18 Å². The first kappa shape index (κ1) is 23.5. The Balaban J connectivity index is 1.80. The predicted molar refractivity (Wildman–Crippen MR) is 112 cm³/mol. The van der Waals surface area contributed by atoms with Crippen LogP contribution >= 0.6 is 0 Å². The van der Waals surface area contributed by atoms with Gasteiger partial charge in [-0.25, -0.2) is 0 Å². The van der Waals surface area contributed by atoms with Crippen molar-refractivity contribution < 1.29 is 13.2 Å². The van der Waals surface area contributed by atoms with Gasteiger partial charge in [0.15, 0.2) is 5.96 Å². The van der Waals surface area contributed by atoms with Crippen molar-refractivity contribution in [3.8, 4) is 0 Å². The van der Waals surface area contributed by atoms with E-state index in [0.717, 1.165) is 62.9 Å². The Hall–Kier alpha value is -1.80. The normalized spacial score (nSPS) is 17.9. The van der Waals surface area contributed by atoms with E-state index in [1.165, 1.54) is 12.1 Å². The quantitative estimate of drug-likeness (QED) is 0.508. The van der Waals surface area contributed by atoms with Gasteiger partial charge in [-0.05, 0) is 44.5 Å². The highest BCUT2D eigenvalue weighted by molar-refractivity contribution is 5.79. The smallest absolute Gasteiger partial charge is 0.357 e. The van der Waals surface area contributed by atoms with Crippen LogP contribution in [0.5, 0.6) is 0 Å². The number of likely N-dealkylation sites (N-methyl/N-ethyl adjacent to an activating group) is 1. The molecule has 164 valence electrons. The van der Waals surface area contributed by atoms with Crippen molar-refractivity contribution in [2.75, 3.05) is 52.4 Å². The van der Waals surface area contributed by atoms with Crippen molar-refractivity contribution in [1.29, 1.82) is 0 Å². The maximum absolute atomic E-state index is 12.6. The van der Waals surface area contributed by atoms with Crippen LogP contribution in [-0.2, 0) is 12.6 Å². The third-order valence-electron chi connectivity index (χ3n) is 5.32. The van der Waals surface area contributed by atoms with Crippen LogP contribution in [0.4, 0.5) is 13.2 Å². The average Bonchev–Trinajstić information content (AvgIpc) is 2.71. The summed E-state index contributed by atoms with van der Waals surface area (Å²) in [6.07, 6.45) is -3.65. The number of benzene rings is 1. The standard InChI is InChI=1S/C21H34F3N5/c1-4-25-20(27-16-17(3)29-14-12-28(5-2)13-15-29)26-11-10-18-6-8-19(9-7-18)21(22,23)24/h6-9,17H,4-5,10-16H2,1-3H3,(H2,25,26,27). The maximum atomic E-state index is 12.6. The van der Waals surface area contributed by atoms with E-state index in [9.17, 15) is 13.2 Å². The second kappa shape index (κ2) is 11.4. The van der Waals surface area contributed by atoms with Crippen molar-refractivity contribution in [1.82, 2.24) is 20.4 Å². The molecule has 1 unspecified atom stereocenters. The van der Waals surface area contributed by atoms with Gasteiger partial charge in [-0.2, -0.15) is 13.2 Å². The molecule has 0 bridgehead atoms. The van der Waals surface area contributed by atoms with E-state index in [-0.39, 0.29) is 0 Å². The third kappa shape index (κ3) is 7.85. The summed E-state index contributed by atoms with van der Waals surface area (Å²) in [5, 5.41) is 6.51. The maximum Gasteiger partial charge on any atom is 0.416 e. The number of nitrogens with one attached hydrogen (secondary N) is 2. The topological polar surface area (TPSA) is 42.9 Å². The molecule has 0 spiro atoms. The van der Waals surface area contributed by atoms with Crippen LogP contribution in [0.15, 0.2) is 29.3 Å². The lowest BCUT2D eigenvalue weighted by Crippen LogP contribution is -2.50. The molecule has 1 saturated heterocycles. The van der Waals surface area contributed by atoms with Gasteiger partial charge in [0, 0.05) is 45.3 Å². The first-order valence-electron chi connectivity index (χ1n) is 10.5. The SMILES string of the molecule is CCNC(=NCC(C)N1CCN(CC)CC1)NCCc1ccc(C(F)(F)F)cc1. The van der Waals surface area contributed by atoms with E-state index in [0.29, 0.717) is 25.6 Å². The van der Waals surface area contributed by atoms with E-state index in [4.69, 9.17) is 4.99 Å². The van der Waals surface area contributed by atoms with E-state index in [1.807, 2.05) is 6.92 Å². The van der Waals surface area contributed by atoms with Crippen LogP contribution < -0.4 is 10.6 Å². The zero-order valence-electron chi connectivity index (χ0n) is 17.7. The first-order chi connectivity index (χ1) is 13.8. The fourth-order valence-electron chi connectivity index (χ4n) is 3.39. The van der Waals surface area contributed by atoms with Gasteiger partial charge < -0.3 is 15.5 Å². The van der Waals surface area contributed by atoms with Gasteiger partial charge in [0.2, 0.25) is 0 Å². The molecule has 1 aromatic carbocycles. The molecule has 1 heterocycles. The zero-order chi connectivity index (χ0) is 21.3. The van der Waals surface area contributed by atoms with Crippen LogP contribution in [-0.4, -0.2) is 74.2 Å². The van der Waals surface area contributed by atoms with E-state index < -0.39 is 11.7 Å². The molecule has 8 heteroatoms. The van der Waals surface area contributed by atoms with Crippen LogP contribution in [0.2, 0.25) is 0 Å². The summed E-state index contributed by atoms with van der Waals surface area (Å²) in [6.45, 7) is 14.0. The summed E-state index contributed by atoms with van der Waals surface area (Å²) in [5.74, 6) is 0.749.